The van der Waals surface area contributed by atoms with Crippen LogP contribution in [0.4, 0.5) is 17.6 Å². The summed E-state index contributed by atoms with van der Waals surface area (Å²) in [5.41, 5.74) is -0.577. The van der Waals surface area contributed by atoms with Crippen LogP contribution in [0, 0.1) is 5.82 Å². The van der Waals surface area contributed by atoms with E-state index in [0.29, 0.717) is 23.2 Å². The van der Waals surface area contributed by atoms with Crippen LogP contribution in [-0.4, -0.2) is 24.6 Å². The fraction of sp³-hybridized carbons (Fsp3) is 0.200. The highest BCUT2D eigenvalue weighted by Crippen LogP contribution is 2.56. The first-order valence-corrected chi connectivity index (χ1v) is 9.25. The third-order valence-electron chi connectivity index (χ3n) is 5.40. The van der Waals surface area contributed by atoms with Crippen LogP contribution in [0.1, 0.15) is 34.9 Å². The maximum absolute atomic E-state index is 13.6. The van der Waals surface area contributed by atoms with Crippen LogP contribution < -0.4 is 11.2 Å². The van der Waals surface area contributed by atoms with Crippen LogP contribution in [0.25, 0.3) is 16.9 Å². The largest absolute Gasteiger partial charge is 0.419 e. The number of nitrogens with one attached hydrogen (secondary N) is 2. The van der Waals surface area contributed by atoms with Crippen molar-refractivity contribution in [1.29, 1.82) is 0 Å². The topological polar surface area (TPSA) is 95.9 Å². The van der Waals surface area contributed by atoms with Gasteiger partial charge >= 0.3 is 11.9 Å². The molecule has 11 heteroatoms. The zero-order valence-corrected chi connectivity index (χ0v) is 15.6. The molecule has 1 aromatic carbocycles. The normalized spacial score (nSPS) is 18.5. The zero-order valence-electron chi connectivity index (χ0n) is 15.6. The summed E-state index contributed by atoms with van der Waals surface area (Å²) in [6, 6.07) is 4.67. The summed E-state index contributed by atoms with van der Waals surface area (Å²) in [5.74, 6) is -1.75. The van der Waals surface area contributed by atoms with Crippen molar-refractivity contribution in [2.45, 2.75) is 24.4 Å². The predicted molar refractivity (Wildman–Crippen MR) is 101 cm³/mol. The number of rotatable bonds is 3. The van der Waals surface area contributed by atoms with E-state index >= 15 is 0 Å². The van der Waals surface area contributed by atoms with Gasteiger partial charge in [0.15, 0.2) is 5.65 Å². The third-order valence-corrected chi connectivity index (χ3v) is 5.40. The van der Waals surface area contributed by atoms with E-state index in [1.165, 1.54) is 23.0 Å². The van der Waals surface area contributed by atoms with Crippen LogP contribution in [0.5, 0.6) is 0 Å². The molecule has 1 aliphatic carbocycles. The van der Waals surface area contributed by atoms with Gasteiger partial charge in [-0.3, -0.25) is 9.78 Å². The van der Waals surface area contributed by atoms with Crippen LogP contribution in [0.3, 0.4) is 0 Å². The van der Waals surface area contributed by atoms with Crippen molar-refractivity contribution in [2.24, 2.45) is 0 Å². The number of alkyl halides is 3. The molecule has 0 saturated heterocycles. The van der Waals surface area contributed by atoms with Gasteiger partial charge in [0, 0.05) is 24.2 Å². The molecule has 7 nitrogen and oxygen atoms in total. The van der Waals surface area contributed by atoms with Crippen molar-refractivity contribution in [1.82, 2.24) is 24.6 Å². The molecular weight excluding hydrogens is 418 g/mol. The summed E-state index contributed by atoms with van der Waals surface area (Å²) in [6.07, 6.45) is 0.103. The second kappa shape index (κ2) is 6.62. The van der Waals surface area contributed by atoms with Crippen LogP contribution in [-0.2, 0) is 6.18 Å². The van der Waals surface area contributed by atoms with Gasteiger partial charge in [-0.2, -0.15) is 18.3 Å². The zero-order chi connectivity index (χ0) is 21.9. The molecule has 0 bridgehead atoms. The molecule has 0 radical (unpaired) electrons. The molecule has 31 heavy (non-hydrogen) atoms. The minimum absolute atomic E-state index is 0.134. The SMILES string of the molecule is O=c1[nH]cc(-c2cc([C@@H]3C[C@H]3c3ccc(F)c(C(F)(F)F)c3)c3nccn3n2)c(=O)[nH]1. The number of hydrogen-bond acceptors (Lipinski definition) is 4. The van der Waals surface area contributed by atoms with E-state index in [0.717, 1.165) is 12.1 Å². The molecule has 158 valence electrons. The fourth-order valence-electron chi connectivity index (χ4n) is 3.84. The van der Waals surface area contributed by atoms with Crippen molar-refractivity contribution in [2.75, 3.05) is 0 Å². The lowest BCUT2D eigenvalue weighted by Crippen LogP contribution is -2.23. The lowest BCUT2D eigenvalue weighted by atomic mass is 10.0. The Kier molecular flexibility index (Phi) is 4.11. The monoisotopic (exact) mass is 431 g/mol. The van der Waals surface area contributed by atoms with Gasteiger partial charge in [-0.1, -0.05) is 6.07 Å². The Morgan fingerprint density at radius 1 is 1.13 bits per heavy atom. The summed E-state index contributed by atoms with van der Waals surface area (Å²) in [7, 11) is 0. The molecule has 0 amide bonds. The fourth-order valence-corrected chi connectivity index (χ4v) is 3.84. The third kappa shape index (κ3) is 3.31. The first-order chi connectivity index (χ1) is 14.7. The average Bonchev–Trinajstić information content (AvgIpc) is 3.35. The quantitative estimate of drug-likeness (QED) is 0.487. The second-order valence-corrected chi connectivity index (χ2v) is 7.35. The van der Waals surface area contributed by atoms with E-state index < -0.39 is 28.8 Å². The Morgan fingerprint density at radius 3 is 2.68 bits per heavy atom. The summed E-state index contributed by atoms with van der Waals surface area (Å²) >= 11 is 0. The van der Waals surface area contributed by atoms with Gasteiger partial charge < -0.3 is 4.98 Å². The summed E-state index contributed by atoms with van der Waals surface area (Å²) < 4.78 is 54.4. The molecule has 2 N–H and O–H groups in total. The second-order valence-electron chi connectivity index (χ2n) is 7.35. The number of halogens is 4. The average molecular weight is 431 g/mol. The number of hydrogen-bond donors (Lipinski definition) is 2. The van der Waals surface area contributed by atoms with Crippen molar-refractivity contribution in [3.05, 3.63) is 86.2 Å². The Balaban J connectivity index is 1.57. The van der Waals surface area contributed by atoms with Gasteiger partial charge in [0.1, 0.15) is 5.82 Å². The number of H-pyrrole nitrogens is 2. The van der Waals surface area contributed by atoms with Gasteiger partial charge in [0.25, 0.3) is 5.56 Å². The van der Waals surface area contributed by atoms with Crippen molar-refractivity contribution in [3.8, 4) is 11.3 Å². The van der Waals surface area contributed by atoms with Gasteiger partial charge in [-0.25, -0.2) is 18.7 Å². The molecule has 2 atom stereocenters. The van der Waals surface area contributed by atoms with Gasteiger partial charge in [-0.05, 0) is 42.0 Å². The predicted octanol–water partition coefficient (Wildman–Crippen LogP) is 3.20. The lowest BCUT2D eigenvalue weighted by Gasteiger charge is -2.11. The van der Waals surface area contributed by atoms with E-state index in [1.54, 1.807) is 12.3 Å². The first kappa shape index (κ1) is 19.2. The van der Waals surface area contributed by atoms with Crippen molar-refractivity contribution in [3.63, 3.8) is 0 Å². The molecule has 5 rings (SSSR count). The summed E-state index contributed by atoms with van der Waals surface area (Å²) in [6.45, 7) is 0. The summed E-state index contributed by atoms with van der Waals surface area (Å²) in [4.78, 5) is 32.3. The minimum atomic E-state index is -4.78. The molecule has 0 spiro atoms. The van der Waals surface area contributed by atoms with Crippen molar-refractivity contribution >= 4 is 5.65 Å². The molecule has 4 aromatic rings. The maximum atomic E-state index is 13.6. The van der Waals surface area contributed by atoms with Gasteiger partial charge in [-0.15, -0.1) is 0 Å². The van der Waals surface area contributed by atoms with Crippen LogP contribution in [0.2, 0.25) is 0 Å². The van der Waals surface area contributed by atoms with E-state index in [9.17, 15) is 27.2 Å². The molecule has 1 aliphatic rings. The Labute approximate surface area is 170 Å². The summed E-state index contributed by atoms with van der Waals surface area (Å²) in [5, 5.41) is 4.34. The highest BCUT2D eigenvalue weighted by Gasteiger charge is 2.43. The molecule has 3 heterocycles. The number of aromatic nitrogens is 5. The van der Waals surface area contributed by atoms with Crippen LogP contribution >= 0.6 is 0 Å². The molecule has 1 fully saturated rings. The van der Waals surface area contributed by atoms with Gasteiger partial charge in [0.05, 0.1) is 16.8 Å². The lowest BCUT2D eigenvalue weighted by molar-refractivity contribution is -0.140. The highest BCUT2D eigenvalue weighted by atomic mass is 19.4. The Morgan fingerprint density at radius 2 is 1.94 bits per heavy atom. The molecular formula is C20H13F4N5O2. The number of imidazole rings is 1. The molecule has 1 saturated carbocycles. The smallest absolute Gasteiger partial charge is 0.313 e. The van der Waals surface area contributed by atoms with Crippen molar-refractivity contribution < 1.29 is 17.6 Å². The van der Waals surface area contributed by atoms with Crippen LogP contribution in [0.15, 0.2) is 52.4 Å². The number of nitrogens with zero attached hydrogens (tertiary/aromatic N) is 3. The van der Waals surface area contributed by atoms with Gasteiger partial charge in [0.2, 0.25) is 0 Å². The molecule has 0 aliphatic heterocycles. The first-order valence-electron chi connectivity index (χ1n) is 9.25. The maximum Gasteiger partial charge on any atom is 0.419 e. The highest BCUT2D eigenvalue weighted by molar-refractivity contribution is 5.63. The Bertz CT molecular complexity index is 1440. The number of benzene rings is 1. The molecule has 3 aromatic heterocycles. The van der Waals surface area contributed by atoms with E-state index in [-0.39, 0.29) is 23.1 Å². The number of fused-ring (bicyclic) bond motifs is 1. The molecule has 0 unspecified atom stereocenters. The number of aromatic amines is 2. The Hall–Kier alpha value is -3.76. The van der Waals surface area contributed by atoms with E-state index in [4.69, 9.17) is 0 Å². The standard InChI is InChI=1S/C20H13F4N5O2/c21-15-2-1-9(5-14(15)20(22,23)24)10-6-11(10)12-7-16(28-29-4-3-25-17(12)29)13-8-26-19(31)27-18(13)30/h1-5,7-8,10-11H,6H2,(H2,26,27,30,31)/t10-,11+/m0/s1. The van der Waals surface area contributed by atoms with E-state index in [1.807, 2.05) is 0 Å². The van der Waals surface area contributed by atoms with E-state index in [2.05, 4.69) is 20.1 Å². The minimum Gasteiger partial charge on any atom is -0.313 e.